The second-order valence-corrected chi connectivity index (χ2v) is 3.65. The quantitative estimate of drug-likeness (QED) is 0.746. The van der Waals surface area contributed by atoms with Gasteiger partial charge in [0.05, 0.1) is 25.9 Å². The van der Waals surface area contributed by atoms with Crippen molar-refractivity contribution < 1.29 is 9.84 Å². The zero-order valence-corrected chi connectivity index (χ0v) is 8.02. The highest BCUT2D eigenvalue weighted by molar-refractivity contribution is 5.34. The fraction of sp³-hybridized carbons (Fsp3) is 0.455. The third-order valence-corrected chi connectivity index (χ3v) is 2.67. The number of aliphatic hydroxyl groups is 1. The average Bonchev–Trinajstić information content (AvgIpc) is 2.15. The summed E-state index contributed by atoms with van der Waals surface area (Å²) in [6.45, 7) is 1.54. The molecule has 2 rings (SSSR count). The van der Waals surface area contributed by atoms with Gasteiger partial charge in [-0.05, 0) is 11.1 Å². The van der Waals surface area contributed by atoms with Crippen LogP contribution in [0.15, 0.2) is 24.3 Å². The van der Waals surface area contributed by atoms with Crippen molar-refractivity contribution in [3.63, 3.8) is 0 Å². The summed E-state index contributed by atoms with van der Waals surface area (Å²) in [5.41, 5.74) is 8.09. The van der Waals surface area contributed by atoms with E-state index in [0.29, 0.717) is 5.92 Å². The first-order valence-electron chi connectivity index (χ1n) is 4.86. The van der Waals surface area contributed by atoms with Crippen molar-refractivity contribution in [2.24, 2.45) is 5.73 Å². The molecule has 1 aromatic rings. The lowest BCUT2D eigenvalue weighted by Crippen LogP contribution is -2.28. The number of nitrogens with two attached hydrogens (primary N) is 1. The summed E-state index contributed by atoms with van der Waals surface area (Å²) in [5, 5.41) is 9.03. The van der Waals surface area contributed by atoms with Gasteiger partial charge in [-0.15, -0.1) is 0 Å². The first-order chi connectivity index (χ1) is 6.83. The Balaban J connectivity index is 2.27. The number of hydrogen-bond donors (Lipinski definition) is 2. The molecular formula is C11H15NO2. The second-order valence-electron chi connectivity index (χ2n) is 3.65. The van der Waals surface area contributed by atoms with E-state index < -0.39 is 0 Å². The molecule has 1 fully saturated rings. The maximum absolute atomic E-state index is 9.03. The smallest absolute Gasteiger partial charge is 0.0624 e. The molecule has 0 saturated carbocycles. The van der Waals surface area contributed by atoms with Crippen molar-refractivity contribution in [2.45, 2.75) is 12.0 Å². The molecule has 3 N–H and O–H groups in total. The molecule has 0 spiro atoms. The van der Waals surface area contributed by atoms with Crippen molar-refractivity contribution in [3.05, 3.63) is 35.4 Å². The Kier molecular flexibility index (Phi) is 2.82. The Bertz CT molecular complexity index is 286. The zero-order chi connectivity index (χ0) is 9.97. The summed E-state index contributed by atoms with van der Waals surface area (Å²) < 4.78 is 5.15. The van der Waals surface area contributed by atoms with Gasteiger partial charge in [0, 0.05) is 5.92 Å². The van der Waals surface area contributed by atoms with Crippen LogP contribution in [0.5, 0.6) is 0 Å². The molecule has 1 aliphatic heterocycles. The molecule has 0 amide bonds. The Morgan fingerprint density at radius 1 is 1.43 bits per heavy atom. The van der Waals surface area contributed by atoms with Crippen LogP contribution in [0.1, 0.15) is 23.1 Å². The Morgan fingerprint density at radius 2 is 2.14 bits per heavy atom. The minimum atomic E-state index is -0.271. The predicted molar refractivity (Wildman–Crippen MR) is 54.0 cm³/mol. The van der Waals surface area contributed by atoms with Gasteiger partial charge in [-0.3, -0.25) is 0 Å². The molecule has 0 aromatic heterocycles. The molecule has 1 heterocycles. The lowest BCUT2D eigenvalue weighted by atomic mass is 9.90. The molecule has 1 aromatic carbocycles. The van der Waals surface area contributed by atoms with E-state index in [1.807, 2.05) is 18.2 Å². The van der Waals surface area contributed by atoms with Gasteiger partial charge in [0.1, 0.15) is 0 Å². The number of rotatable bonds is 3. The highest BCUT2D eigenvalue weighted by Gasteiger charge is 2.24. The fourth-order valence-electron chi connectivity index (χ4n) is 1.73. The van der Waals surface area contributed by atoms with Crippen molar-refractivity contribution in [1.82, 2.24) is 0 Å². The predicted octanol–water partition coefficient (Wildman–Crippen LogP) is 0.793. The number of benzene rings is 1. The summed E-state index contributed by atoms with van der Waals surface area (Å²) in [4.78, 5) is 0. The molecule has 0 aliphatic carbocycles. The van der Waals surface area contributed by atoms with Crippen LogP contribution in [0.4, 0.5) is 0 Å². The molecule has 3 nitrogen and oxygen atoms in total. The third kappa shape index (κ3) is 1.66. The van der Waals surface area contributed by atoms with Crippen LogP contribution in [0.2, 0.25) is 0 Å². The van der Waals surface area contributed by atoms with Crippen LogP contribution in [0, 0.1) is 0 Å². The fourth-order valence-corrected chi connectivity index (χ4v) is 1.73. The van der Waals surface area contributed by atoms with Gasteiger partial charge < -0.3 is 15.6 Å². The number of aliphatic hydroxyl groups excluding tert-OH is 1. The van der Waals surface area contributed by atoms with E-state index in [1.54, 1.807) is 0 Å². The number of ether oxygens (including phenoxy) is 1. The van der Waals surface area contributed by atoms with Gasteiger partial charge in [0.15, 0.2) is 0 Å². The molecule has 1 unspecified atom stereocenters. The monoisotopic (exact) mass is 193 g/mol. The van der Waals surface area contributed by atoms with Crippen LogP contribution in [-0.2, 0) is 4.74 Å². The van der Waals surface area contributed by atoms with Crippen LogP contribution >= 0.6 is 0 Å². The molecule has 1 aliphatic rings. The SMILES string of the molecule is NC(CO)c1ccccc1C1COC1. The standard InChI is InChI=1S/C11H15NO2/c12-11(5-13)10-4-2-1-3-9(10)8-6-14-7-8/h1-4,8,11,13H,5-7,12H2. The first kappa shape index (κ1) is 9.65. The van der Waals surface area contributed by atoms with E-state index in [-0.39, 0.29) is 12.6 Å². The third-order valence-electron chi connectivity index (χ3n) is 2.67. The van der Waals surface area contributed by atoms with Crippen molar-refractivity contribution in [3.8, 4) is 0 Å². The normalized spacial score (nSPS) is 19.0. The van der Waals surface area contributed by atoms with Crippen molar-refractivity contribution in [2.75, 3.05) is 19.8 Å². The summed E-state index contributed by atoms with van der Waals surface area (Å²) in [5.74, 6) is 0.462. The van der Waals surface area contributed by atoms with E-state index in [1.165, 1.54) is 5.56 Å². The van der Waals surface area contributed by atoms with Crippen molar-refractivity contribution in [1.29, 1.82) is 0 Å². The van der Waals surface area contributed by atoms with Crippen molar-refractivity contribution >= 4 is 0 Å². The average molecular weight is 193 g/mol. The summed E-state index contributed by atoms with van der Waals surface area (Å²) in [7, 11) is 0. The summed E-state index contributed by atoms with van der Waals surface area (Å²) in [6.07, 6.45) is 0. The minimum absolute atomic E-state index is 0.00933. The zero-order valence-electron chi connectivity index (χ0n) is 8.02. The minimum Gasteiger partial charge on any atom is -0.394 e. The van der Waals surface area contributed by atoms with Crippen LogP contribution in [-0.4, -0.2) is 24.9 Å². The Hall–Kier alpha value is -0.900. The second kappa shape index (κ2) is 4.09. The lowest BCUT2D eigenvalue weighted by Gasteiger charge is -2.29. The molecule has 1 atom stereocenters. The Labute approximate surface area is 83.5 Å². The van der Waals surface area contributed by atoms with E-state index in [9.17, 15) is 0 Å². The van der Waals surface area contributed by atoms with Gasteiger partial charge in [-0.1, -0.05) is 24.3 Å². The van der Waals surface area contributed by atoms with Gasteiger partial charge in [0.2, 0.25) is 0 Å². The topological polar surface area (TPSA) is 55.5 Å². The van der Waals surface area contributed by atoms with E-state index in [4.69, 9.17) is 15.6 Å². The molecule has 14 heavy (non-hydrogen) atoms. The van der Waals surface area contributed by atoms with Gasteiger partial charge in [-0.25, -0.2) is 0 Å². The molecular weight excluding hydrogens is 178 g/mol. The molecule has 1 saturated heterocycles. The van der Waals surface area contributed by atoms with Crippen LogP contribution < -0.4 is 5.73 Å². The van der Waals surface area contributed by atoms with Gasteiger partial charge in [0.25, 0.3) is 0 Å². The number of hydrogen-bond acceptors (Lipinski definition) is 3. The highest BCUT2D eigenvalue weighted by Crippen LogP contribution is 2.29. The first-order valence-corrected chi connectivity index (χ1v) is 4.86. The summed E-state index contributed by atoms with van der Waals surface area (Å²) in [6, 6.07) is 7.73. The summed E-state index contributed by atoms with van der Waals surface area (Å²) >= 11 is 0. The lowest BCUT2D eigenvalue weighted by molar-refractivity contribution is 0.00785. The van der Waals surface area contributed by atoms with Crippen LogP contribution in [0.25, 0.3) is 0 Å². The maximum atomic E-state index is 9.03. The molecule has 0 radical (unpaired) electrons. The highest BCUT2D eigenvalue weighted by atomic mass is 16.5. The van der Waals surface area contributed by atoms with E-state index >= 15 is 0 Å². The largest absolute Gasteiger partial charge is 0.394 e. The Morgan fingerprint density at radius 3 is 2.71 bits per heavy atom. The van der Waals surface area contributed by atoms with Crippen LogP contribution in [0.3, 0.4) is 0 Å². The molecule has 0 bridgehead atoms. The van der Waals surface area contributed by atoms with Gasteiger partial charge >= 0.3 is 0 Å². The maximum Gasteiger partial charge on any atom is 0.0624 e. The molecule has 76 valence electrons. The van der Waals surface area contributed by atoms with E-state index in [0.717, 1.165) is 18.8 Å². The molecule has 3 heteroatoms. The van der Waals surface area contributed by atoms with Gasteiger partial charge in [-0.2, -0.15) is 0 Å². The van der Waals surface area contributed by atoms with E-state index in [2.05, 4.69) is 6.07 Å².